The Morgan fingerprint density at radius 2 is 2.36 bits per heavy atom. The third-order valence-electron chi connectivity index (χ3n) is 3.63. The van der Waals surface area contributed by atoms with Gasteiger partial charge in [0.15, 0.2) is 0 Å². The molecule has 0 bridgehead atoms. The monoisotopic (exact) mass is 301 g/mol. The molecule has 116 valence electrons. The van der Waals surface area contributed by atoms with E-state index in [-0.39, 0.29) is 6.03 Å². The molecule has 3 rings (SSSR count). The summed E-state index contributed by atoms with van der Waals surface area (Å²) in [6.07, 6.45) is 1.93. The number of pyridine rings is 1. The zero-order valence-electron chi connectivity index (χ0n) is 12.4. The van der Waals surface area contributed by atoms with E-state index in [1.165, 1.54) is 0 Å². The highest BCUT2D eigenvalue weighted by atomic mass is 16.3. The van der Waals surface area contributed by atoms with Gasteiger partial charge in [-0.3, -0.25) is 10.3 Å². The summed E-state index contributed by atoms with van der Waals surface area (Å²) in [4.78, 5) is 18.1. The van der Waals surface area contributed by atoms with Gasteiger partial charge in [0.1, 0.15) is 5.82 Å². The molecule has 0 saturated carbocycles. The van der Waals surface area contributed by atoms with Crippen LogP contribution in [-0.2, 0) is 6.54 Å². The minimum Gasteiger partial charge on any atom is -0.391 e. The number of urea groups is 1. The first-order valence-electron chi connectivity index (χ1n) is 7.30. The fourth-order valence-corrected chi connectivity index (χ4v) is 2.53. The predicted octanol–water partition coefficient (Wildman–Crippen LogP) is 1.23. The molecule has 1 aliphatic rings. The number of nitrogens with one attached hydrogen (secondary N) is 1. The lowest BCUT2D eigenvalue weighted by atomic mass is 10.3. The molecule has 2 N–H and O–H groups in total. The second kappa shape index (κ2) is 6.15. The van der Waals surface area contributed by atoms with Crippen LogP contribution >= 0.6 is 0 Å². The standard InChI is InChI=1S/C15H19N5O2/c1-11-8-14(17-15(22)19-7-5-13(21)10-19)20(18-11)9-12-4-2-3-6-16-12/h2-4,6,8,13,21H,5,7,9-10H2,1H3,(H,17,22)/t13-/m0/s1. The van der Waals surface area contributed by atoms with E-state index in [1.54, 1.807) is 15.8 Å². The molecule has 3 heterocycles. The molecule has 2 aromatic heterocycles. The first-order chi connectivity index (χ1) is 10.6. The Kier molecular flexibility index (Phi) is 4.06. The number of carbonyl (C=O) groups is 1. The number of anilines is 1. The van der Waals surface area contributed by atoms with Crippen LogP contribution in [0.15, 0.2) is 30.5 Å². The number of carbonyl (C=O) groups excluding carboxylic acids is 1. The number of hydrogen-bond donors (Lipinski definition) is 2. The van der Waals surface area contributed by atoms with Gasteiger partial charge in [-0.15, -0.1) is 0 Å². The van der Waals surface area contributed by atoms with Gasteiger partial charge in [0.2, 0.25) is 0 Å². The summed E-state index contributed by atoms with van der Waals surface area (Å²) in [6, 6.07) is 7.31. The van der Waals surface area contributed by atoms with E-state index >= 15 is 0 Å². The van der Waals surface area contributed by atoms with Crippen LogP contribution < -0.4 is 5.32 Å². The number of aliphatic hydroxyl groups excluding tert-OH is 1. The summed E-state index contributed by atoms with van der Waals surface area (Å²) < 4.78 is 1.72. The van der Waals surface area contributed by atoms with Crippen LogP contribution in [0.2, 0.25) is 0 Å². The average Bonchev–Trinajstić information content (AvgIpc) is 3.07. The van der Waals surface area contributed by atoms with Gasteiger partial charge in [0, 0.05) is 25.4 Å². The number of likely N-dealkylation sites (tertiary alicyclic amines) is 1. The maximum Gasteiger partial charge on any atom is 0.323 e. The Bertz CT molecular complexity index is 655. The molecule has 0 aliphatic carbocycles. The Morgan fingerprint density at radius 1 is 1.50 bits per heavy atom. The van der Waals surface area contributed by atoms with Crippen LogP contribution in [0.5, 0.6) is 0 Å². The van der Waals surface area contributed by atoms with Gasteiger partial charge in [-0.1, -0.05) is 6.07 Å². The van der Waals surface area contributed by atoms with E-state index in [1.807, 2.05) is 31.2 Å². The number of aliphatic hydroxyl groups is 1. The number of aromatic nitrogens is 3. The minimum absolute atomic E-state index is 0.210. The fraction of sp³-hybridized carbons (Fsp3) is 0.400. The number of β-amino-alcohol motifs (C(OH)–C–C–N with tert-alkyl or cyclic N) is 1. The quantitative estimate of drug-likeness (QED) is 0.893. The van der Waals surface area contributed by atoms with Crippen molar-refractivity contribution in [1.29, 1.82) is 0 Å². The molecule has 22 heavy (non-hydrogen) atoms. The summed E-state index contributed by atoms with van der Waals surface area (Å²) in [7, 11) is 0. The Hall–Kier alpha value is -2.41. The van der Waals surface area contributed by atoms with Crippen molar-refractivity contribution < 1.29 is 9.90 Å². The van der Waals surface area contributed by atoms with E-state index in [4.69, 9.17) is 0 Å². The number of rotatable bonds is 3. The van der Waals surface area contributed by atoms with Crippen LogP contribution in [-0.4, -0.2) is 50.0 Å². The van der Waals surface area contributed by atoms with Crippen molar-refractivity contribution >= 4 is 11.8 Å². The van der Waals surface area contributed by atoms with E-state index in [0.717, 1.165) is 11.4 Å². The topological polar surface area (TPSA) is 83.3 Å². The first-order valence-corrected chi connectivity index (χ1v) is 7.30. The number of aryl methyl sites for hydroxylation is 1. The number of amides is 2. The van der Waals surface area contributed by atoms with E-state index in [9.17, 15) is 9.90 Å². The molecule has 2 amide bonds. The second-order valence-corrected chi connectivity index (χ2v) is 5.47. The lowest BCUT2D eigenvalue weighted by Gasteiger charge is -2.17. The summed E-state index contributed by atoms with van der Waals surface area (Å²) in [5.74, 6) is 0.634. The van der Waals surface area contributed by atoms with Gasteiger partial charge < -0.3 is 10.0 Å². The first kappa shape index (κ1) is 14.5. The van der Waals surface area contributed by atoms with Crippen molar-refractivity contribution in [2.24, 2.45) is 0 Å². The summed E-state index contributed by atoms with van der Waals surface area (Å²) in [5, 5.41) is 16.8. The van der Waals surface area contributed by atoms with Crippen LogP contribution in [0, 0.1) is 6.92 Å². The second-order valence-electron chi connectivity index (χ2n) is 5.47. The summed E-state index contributed by atoms with van der Waals surface area (Å²) in [5.41, 5.74) is 1.70. The highest BCUT2D eigenvalue weighted by molar-refractivity contribution is 5.88. The molecule has 2 aromatic rings. The molecule has 0 radical (unpaired) electrons. The highest BCUT2D eigenvalue weighted by Crippen LogP contribution is 2.15. The van der Waals surface area contributed by atoms with E-state index in [0.29, 0.717) is 31.9 Å². The van der Waals surface area contributed by atoms with Crippen molar-refractivity contribution in [3.63, 3.8) is 0 Å². The molecule has 1 fully saturated rings. The maximum atomic E-state index is 12.2. The SMILES string of the molecule is Cc1cc(NC(=O)N2CC[C@H](O)C2)n(Cc2ccccn2)n1. The van der Waals surface area contributed by atoms with Crippen molar-refractivity contribution in [2.75, 3.05) is 18.4 Å². The van der Waals surface area contributed by atoms with Crippen LogP contribution in [0.25, 0.3) is 0 Å². The van der Waals surface area contributed by atoms with Gasteiger partial charge in [-0.05, 0) is 25.5 Å². The zero-order valence-corrected chi connectivity index (χ0v) is 12.4. The third-order valence-corrected chi connectivity index (χ3v) is 3.63. The van der Waals surface area contributed by atoms with Crippen molar-refractivity contribution in [1.82, 2.24) is 19.7 Å². The van der Waals surface area contributed by atoms with Crippen molar-refractivity contribution in [2.45, 2.75) is 26.0 Å². The maximum absolute atomic E-state index is 12.2. The zero-order chi connectivity index (χ0) is 15.5. The highest BCUT2D eigenvalue weighted by Gasteiger charge is 2.25. The van der Waals surface area contributed by atoms with E-state index < -0.39 is 6.10 Å². The molecular weight excluding hydrogens is 282 g/mol. The Morgan fingerprint density at radius 3 is 3.05 bits per heavy atom. The van der Waals surface area contributed by atoms with Crippen LogP contribution in [0.4, 0.5) is 10.6 Å². The number of nitrogens with zero attached hydrogens (tertiary/aromatic N) is 4. The van der Waals surface area contributed by atoms with Crippen LogP contribution in [0.1, 0.15) is 17.8 Å². The Balaban J connectivity index is 1.72. The van der Waals surface area contributed by atoms with Gasteiger partial charge in [0.25, 0.3) is 0 Å². The normalized spacial score (nSPS) is 17.7. The number of hydrogen-bond acceptors (Lipinski definition) is 4. The molecular formula is C15H19N5O2. The smallest absolute Gasteiger partial charge is 0.323 e. The lowest BCUT2D eigenvalue weighted by molar-refractivity contribution is 0.176. The molecule has 7 heteroatoms. The third kappa shape index (κ3) is 3.25. The molecule has 0 unspecified atom stereocenters. The predicted molar refractivity (Wildman–Crippen MR) is 81.5 cm³/mol. The van der Waals surface area contributed by atoms with Gasteiger partial charge in [-0.2, -0.15) is 5.10 Å². The van der Waals surface area contributed by atoms with Crippen molar-refractivity contribution in [3.05, 3.63) is 41.9 Å². The molecule has 1 aliphatic heterocycles. The minimum atomic E-state index is -0.425. The van der Waals surface area contributed by atoms with Gasteiger partial charge in [0.05, 0.1) is 24.0 Å². The van der Waals surface area contributed by atoms with Gasteiger partial charge in [-0.25, -0.2) is 9.48 Å². The summed E-state index contributed by atoms with van der Waals surface area (Å²) in [6.45, 7) is 3.32. The summed E-state index contributed by atoms with van der Waals surface area (Å²) >= 11 is 0. The van der Waals surface area contributed by atoms with E-state index in [2.05, 4.69) is 15.4 Å². The van der Waals surface area contributed by atoms with Crippen molar-refractivity contribution in [3.8, 4) is 0 Å². The molecule has 0 aromatic carbocycles. The molecule has 7 nitrogen and oxygen atoms in total. The molecule has 1 atom stereocenters. The lowest BCUT2D eigenvalue weighted by Crippen LogP contribution is -2.34. The average molecular weight is 301 g/mol. The van der Waals surface area contributed by atoms with Gasteiger partial charge >= 0.3 is 6.03 Å². The molecule has 0 spiro atoms. The Labute approximate surface area is 128 Å². The van der Waals surface area contributed by atoms with Crippen LogP contribution in [0.3, 0.4) is 0 Å². The molecule has 1 saturated heterocycles. The fourth-order valence-electron chi connectivity index (χ4n) is 2.53. The largest absolute Gasteiger partial charge is 0.391 e.